The van der Waals surface area contributed by atoms with Crippen molar-refractivity contribution in [3.63, 3.8) is 0 Å². The van der Waals surface area contributed by atoms with Crippen molar-refractivity contribution < 1.29 is 0 Å². The van der Waals surface area contributed by atoms with Crippen LogP contribution in [0.2, 0.25) is 0 Å². The number of aromatic nitrogens is 1. The number of hydrogen-bond acceptors (Lipinski definition) is 3. The molecule has 0 fully saturated rings. The Kier molecular flexibility index (Phi) is 5.41. The van der Waals surface area contributed by atoms with Gasteiger partial charge in [-0.3, -0.25) is 4.99 Å². The molecule has 1 unspecified atom stereocenters. The number of aliphatic imine (C=N–C) groups is 1. The molecule has 0 aliphatic heterocycles. The molecule has 0 amide bonds. The minimum absolute atomic E-state index is 0.431. The fraction of sp³-hybridized carbons (Fsp3) is 0.667. The molecule has 4 nitrogen and oxygen atoms in total. The normalized spacial score (nSPS) is 13.6. The van der Waals surface area contributed by atoms with Gasteiger partial charge >= 0.3 is 0 Å². The van der Waals surface area contributed by atoms with E-state index in [9.17, 15) is 0 Å². The number of aryl methyl sites for hydroxylation is 2. The van der Waals surface area contributed by atoms with Gasteiger partial charge in [0.25, 0.3) is 0 Å². The van der Waals surface area contributed by atoms with E-state index < -0.39 is 0 Å². The number of nitrogens with one attached hydrogen (secondary N) is 2. The molecule has 0 bridgehead atoms. The van der Waals surface area contributed by atoms with Crippen molar-refractivity contribution in [1.29, 1.82) is 0 Å². The summed E-state index contributed by atoms with van der Waals surface area (Å²) in [7, 11) is 1.79. The second-order valence-electron chi connectivity index (χ2n) is 4.13. The highest BCUT2D eigenvalue weighted by molar-refractivity contribution is 7.11. The van der Waals surface area contributed by atoms with E-state index in [0.717, 1.165) is 29.6 Å². The molecule has 5 heteroatoms. The molecule has 1 heterocycles. The Morgan fingerprint density at radius 1 is 1.47 bits per heavy atom. The molecule has 0 aromatic carbocycles. The molecule has 0 aliphatic rings. The molecule has 0 aliphatic carbocycles. The third kappa shape index (κ3) is 4.34. The third-order valence-corrected chi connectivity index (χ3v) is 3.77. The zero-order valence-corrected chi connectivity index (χ0v) is 12.1. The van der Waals surface area contributed by atoms with Gasteiger partial charge in [0.1, 0.15) is 5.01 Å². The van der Waals surface area contributed by atoms with Gasteiger partial charge < -0.3 is 10.6 Å². The molecule has 0 spiro atoms. The van der Waals surface area contributed by atoms with Crippen LogP contribution in [0, 0.1) is 13.8 Å². The smallest absolute Gasteiger partial charge is 0.191 e. The van der Waals surface area contributed by atoms with Gasteiger partial charge in [0.15, 0.2) is 5.96 Å². The average molecular weight is 254 g/mol. The van der Waals surface area contributed by atoms with E-state index >= 15 is 0 Å². The van der Waals surface area contributed by atoms with E-state index in [1.165, 1.54) is 4.88 Å². The Morgan fingerprint density at radius 2 is 2.18 bits per heavy atom. The predicted octanol–water partition coefficient (Wildman–Crippen LogP) is 2.22. The van der Waals surface area contributed by atoms with Crippen LogP contribution in [0.5, 0.6) is 0 Å². The summed E-state index contributed by atoms with van der Waals surface area (Å²) in [5, 5.41) is 7.71. The second kappa shape index (κ2) is 6.59. The number of rotatable bonds is 4. The van der Waals surface area contributed by atoms with Crippen molar-refractivity contribution in [2.45, 2.75) is 46.7 Å². The number of thiazole rings is 1. The summed E-state index contributed by atoms with van der Waals surface area (Å²) in [6.45, 7) is 9.17. The SMILES string of the molecule is CCC(C)NC(=NC)NCc1nc(C)c(C)s1. The number of hydrogen-bond donors (Lipinski definition) is 2. The first-order chi connectivity index (χ1) is 8.06. The van der Waals surface area contributed by atoms with E-state index in [4.69, 9.17) is 0 Å². The van der Waals surface area contributed by atoms with E-state index in [1.54, 1.807) is 18.4 Å². The van der Waals surface area contributed by atoms with Gasteiger partial charge in [-0.05, 0) is 27.2 Å². The Bertz CT molecular complexity index is 364. The summed E-state index contributed by atoms with van der Waals surface area (Å²) in [6, 6.07) is 0.431. The molecule has 1 atom stereocenters. The lowest BCUT2D eigenvalue weighted by molar-refractivity contribution is 0.624. The van der Waals surface area contributed by atoms with Crippen LogP contribution < -0.4 is 10.6 Å². The first-order valence-electron chi connectivity index (χ1n) is 5.96. The summed E-state index contributed by atoms with van der Waals surface area (Å²) in [5.41, 5.74) is 1.12. The Labute approximate surface area is 108 Å². The lowest BCUT2D eigenvalue weighted by atomic mass is 10.3. The molecule has 17 heavy (non-hydrogen) atoms. The van der Waals surface area contributed by atoms with Gasteiger partial charge in [-0.1, -0.05) is 6.92 Å². The highest BCUT2D eigenvalue weighted by Crippen LogP contribution is 2.15. The Hall–Kier alpha value is -1.10. The van der Waals surface area contributed by atoms with Crippen LogP contribution in [0.3, 0.4) is 0 Å². The molecule has 0 saturated heterocycles. The molecule has 1 aromatic heterocycles. The average Bonchev–Trinajstić information content (AvgIpc) is 2.63. The van der Waals surface area contributed by atoms with Crippen molar-refractivity contribution in [2.24, 2.45) is 4.99 Å². The fourth-order valence-corrected chi connectivity index (χ4v) is 2.18. The topological polar surface area (TPSA) is 49.3 Å². The Morgan fingerprint density at radius 3 is 2.65 bits per heavy atom. The quantitative estimate of drug-likeness (QED) is 0.640. The summed E-state index contributed by atoms with van der Waals surface area (Å²) in [4.78, 5) is 9.96. The van der Waals surface area contributed by atoms with Crippen LogP contribution in [0.25, 0.3) is 0 Å². The highest BCUT2D eigenvalue weighted by atomic mass is 32.1. The maximum atomic E-state index is 4.49. The monoisotopic (exact) mass is 254 g/mol. The van der Waals surface area contributed by atoms with Gasteiger partial charge in [-0.2, -0.15) is 0 Å². The van der Waals surface area contributed by atoms with E-state index in [-0.39, 0.29) is 0 Å². The van der Waals surface area contributed by atoms with Gasteiger partial charge in [-0.25, -0.2) is 4.98 Å². The minimum Gasteiger partial charge on any atom is -0.354 e. The second-order valence-corrected chi connectivity index (χ2v) is 5.42. The lowest BCUT2D eigenvalue weighted by Gasteiger charge is -2.15. The maximum Gasteiger partial charge on any atom is 0.191 e. The molecular weight excluding hydrogens is 232 g/mol. The van der Waals surface area contributed by atoms with Crippen LogP contribution in [-0.4, -0.2) is 24.0 Å². The van der Waals surface area contributed by atoms with Crippen molar-refractivity contribution >= 4 is 17.3 Å². The summed E-state index contributed by atoms with van der Waals surface area (Å²) in [6.07, 6.45) is 1.08. The van der Waals surface area contributed by atoms with E-state index in [1.807, 2.05) is 6.92 Å². The van der Waals surface area contributed by atoms with E-state index in [0.29, 0.717) is 6.04 Å². The fourth-order valence-electron chi connectivity index (χ4n) is 1.30. The molecule has 0 saturated carbocycles. The first-order valence-corrected chi connectivity index (χ1v) is 6.78. The standard InChI is InChI=1S/C12H22N4S/c1-6-8(2)15-12(13-5)14-7-11-16-9(3)10(4)17-11/h8H,6-7H2,1-5H3,(H2,13,14,15). The number of nitrogens with zero attached hydrogens (tertiary/aromatic N) is 2. The van der Waals surface area contributed by atoms with Crippen molar-refractivity contribution in [3.8, 4) is 0 Å². The zero-order chi connectivity index (χ0) is 12.8. The third-order valence-electron chi connectivity index (χ3n) is 2.70. The molecule has 2 N–H and O–H groups in total. The van der Waals surface area contributed by atoms with Gasteiger partial charge in [-0.15, -0.1) is 11.3 Å². The molecule has 96 valence electrons. The van der Waals surface area contributed by atoms with Crippen molar-refractivity contribution in [1.82, 2.24) is 15.6 Å². The van der Waals surface area contributed by atoms with Crippen LogP contribution in [0.4, 0.5) is 0 Å². The predicted molar refractivity (Wildman–Crippen MR) is 74.7 cm³/mol. The summed E-state index contributed by atoms with van der Waals surface area (Å²) in [5.74, 6) is 0.838. The maximum absolute atomic E-state index is 4.49. The van der Waals surface area contributed by atoms with Crippen LogP contribution in [0.15, 0.2) is 4.99 Å². The van der Waals surface area contributed by atoms with Crippen LogP contribution in [0.1, 0.15) is 35.8 Å². The molecule has 0 radical (unpaired) electrons. The molecule has 1 aromatic rings. The largest absolute Gasteiger partial charge is 0.354 e. The van der Waals surface area contributed by atoms with Crippen molar-refractivity contribution in [2.75, 3.05) is 7.05 Å². The first kappa shape index (κ1) is 14.0. The summed E-state index contributed by atoms with van der Waals surface area (Å²) < 4.78 is 0. The zero-order valence-electron chi connectivity index (χ0n) is 11.3. The highest BCUT2D eigenvalue weighted by Gasteiger charge is 2.06. The Balaban J connectivity index is 2.48. The van der Waals surface area contributed by atoms with Gasteiger partial charge in [0.05, 0.1) is 12.2 Å². The minimum atomic E-state index is 0.431. The molecular formula is C12H22N4S. The molecule has 1 rings (SSSR count). The van der Waals surface area contributed by atoms with Gasteiger partial charge in [0, 0.05) is 18.0 Å². The summed E-state index contributed by atoms with van der Waals surface area (Å²) >= 11 is 1.74. The van der Waals surface area contributed by atoms with Crippen molar-refractivity contribution in [3.05, 3.63) is 15.6 Å². The number of guanidine groups is 1. The van der Waals surface area contributed by atoms with Crippen LogP contribution >= 0.6 is 11.3 Å². The lowest BCUT2D eigenvalue weighted by Crippen LogP contribution is -2.41. The van der Waals surface area contributed by atoms with Gasteiger partial charge in [0.2, 0.25) is 0 Å². The van der Waals surface area contributed by atoms with E-state index in [2.05, 4.69) is 41.4 Å². The van der Waals surface area contributed by atoms with Crippen LogP contribution in [-0.2, 0) is 6.54 Å².